The SMILES string of the molecule is CC(C)=C1COCC1/C=C/CC(O)c1ccccc1. The van der Waals surface area contributed by atoms with Gasteiger partial charge in [0.15, 0.2) is 0 Å². The average Bonchev–Trinajstić information content (AvgIpc) is 2.88. The highest BCUT2D eigenvalue weighted by Gasteiger charge is 2.19. The minimum absolute atomic E-state index is 0.382. The maximum atomic E-state index is 10.1. The molecule has 0 aliphatic carbocycles. The van der Waals surface area contributed by atoms with Crippen molar-refractivity contribution < 1.29 is 9.84 Å². The molecule has 102 valence electrons. The minimum atomic E-state index is -0.421. The lowest BCUT2D eigenvalue weighted by molar-refractivity contribution is 0.181. The summed E-state index contributed by atoms with van der Waals surface area (Å²) in [4.78, 5) is 0. The van der Waals surface area contributed by atoms with Crippen LogP contribution in [0.2, 0.25) is 0 Å². The second-order valence-electron chi connectivity index (χ2n) is 5.24. The zero-order chi connectivity index (χ0) is 13.7. The molecule has 2 heteroatoms. The Morgan fingerprint density at radius 1 is 1.37 bits per heavy atom. The summed E-state index contributed by atoms with van der Waals surface area (Å²) in [5.41, 5.74) is 3.69. The van der Waals surface area contributed by atoms with Gasteiger partial charge < -0.3 is 9.84 Å². The summed E-state index contributed by atoms with van der Waals surface area (Å²) < 4.78 is 5.50. The number of allylic oxidation sites excluding steroid dienone is 1. The molecule has 1 aliphatic heterocycles. The van der Waals surface area contributed by atoms with Crippen LogP contribution in [0.25, 0.3) is 0 Å². The van der Waals surface area contributed by atoms with Crippen LogP contribution in [0.5, 0.6) is 0 Å². The molecule has 1 heterocycles. The Morgan fingerprint density at radius 2 is 2.11 bits per heavy atom. The summed E-state index contributed by atoms with van der Waals surface area (Å²) in [6.07, 6.45) is 4.47. The Labute approximate surface area is 115 Å². The molecule has 0 spiro atoms. The normalized spacial score (nSPS) is 21.0. The first-order valence-corrected chi connectivity index (χ1v) is 6.82. The quantitative estimate of drug-likeness (QED) is 0.835. The molecular formula is C17H22O2. The van der Waals surface area contributed by atoms with Crippen LogP contribution < -0.4 is 0 Å². The van der Waals surface area contributed by atoms with Gasteiger partial charge in [-0.3, -0.25) is 0 Å². The molecule has 1 aromatic rings. The van der Waals surface area contributed by atoms with E-state index in [1.165, 1.54) is 11.1 Å². The van der Waals surface area contributed by atoms with E-state index in [9.17, 15) is 5.11 Å². The Hall–Kier alpha value is -1.38. The van der Waals surface area contributed by atoms with Crippen molar-refractivity contribution in [3.8, 4) is 0 Å². The van der Waals surface area contributed by atoms with Gasteiger partial charge in [0.2, 0.25) is 0 Å². The van der Waals surface area contributed by atoms with Gasteiger partial charge in [0.05, 0.1) is 19.3 Å². The fraction of sp³-hybridized carbons (Fsp3) is 0.412. The van der Waals surface area contributed by atoms with E-state index in [1.54, 1.807) is 0 Å². The van der Waals surface area contributed by atoms with Crippen LogP contribution in [0.15, 0.2) is 53.6 Å². The third-order valence-electron chi connectivity index (χ3n) is 3.56. The Morgan fingerprint density at radius 3 is 2.79 bits per heavy atom. The Balaban J connectivity index is 1.92. The van der Waals surface area contributed by atoms with Gasteiger partial charge in [-0.1, -0.05) is 48.1 Å². The van der Waals surface area contributed by atoms with E-state index in [-0.39, 0.29) is 0 Å². The fourth-order valence-electron chi connectivity index (χ4n) is 2.37. The van der Waals surface area contributed by atoms with Crippen LogP contribution in [-0.4, -0.2) is 18.3 Å². The highest BCUT2D eigenvalue weighted by molar-refractivity contribution is 5.22. The van der Waals surface area contributed by atoms with Crippen LogP contribution in [0.1, 0.15) is 31.9 Å². The molecule has 19 heavy (non-hydrogen) atoms. The predicted molar refractivity (Wildman–Crippen MR) is 77.8 cm³/mol. The fourth-order valence-corrected chi connectivity index (χ4v) is 2.37. The van der Waals surface area contributed by atoms with Crippen molar-refractivity contribution in [1.29, 1.82) is 0 Å². The lowest BCUT2D eigenvalue weighted by atomic mass is 9.97. The van der Waals surface area contributed by atoms with Gasteiger partial charge in [-0.05, 0) is 31.4 Å². The van der Waals surface area contributed by atoms with Crippen molar-refractivity contribution in [3.63, 3.8) is 0 Å². The summed E-state index contributed by atoms with van der Waals surface area (Å²) in [5, 5.41) is 10.1. The maximum absolute atomic E-state index is 10.1. The molecule has 2 atom stereocenters. The standard InChI is InChI=1S/C17H22O2/c1-13(2)16-12-19-11-15(16)9-6-10-17(18)14-7-4-3-5-8-14/h3-9,15,17-18H,10-12H2,1-2H3/b9-6+. The van der Waals surface area contributed by atoms with Crippen molar-refractivity contribution in [2.24, 2.45) is 5.92 Å². The van der Waals surface area contributed by atoms with Crippen molar-refractivity contribution in [2.45, 2.75) is 26.4 Å². The van der Waals surface area contributed by atoms with E-state index in [4.69, 9.17) is 4.74 Å². The second-order valence-corrected chi connectivity index (χ2v) is 5.24. The first-order chi connectivity index (χ1) is 9.18. The highest BCUT2D eigenvalue weighted by Crippen LogP contribution is 2.25. The molecule has 0 bridgehead atoms. The molecule has 1 fully saturated rings. The van der Waals surface area contributed by atoms with E-state index in [0.29, 0.717) is 12.3 Å². The number of benzene rings is 1. The van der Waals surface area contributed by atoms with E-state index in [0.717, 1.165) is 18.8 Å². The van der Waals surface area contributed by atoms with Gasteiger partial charge in [-0.15, -0.1) is 0 Å². The minimum Gasteiger partial charge on any atom is -0.388 e. The number of aliphatic hydroxyl groups is 1. The van der Waals surface area contributed by atoms with Crippen LogP contribution in [0.4, 0.5) is 0 Å². The number of aliphatic hydroxyl groups excluding tert-OH is 1. The topological polar surface area (TPSA) is 29.5 Å². The summed E-state index contributed by atoms with van der Waals surface area (Å²) in [6, 6.07) is 9.78. The van der Waals surface area contributed by atoms with Crippen LogP contribution in [0, 0.1) is 5.92 Å². The third-order valence-corrected chi connectivity index (χ3v) is 3.56. The molecule has 2 nitrogen and oxygen atoms in total. The van der Waals surface area contributed by atoms with Gasteiger partial charge in [-0.25, -0.2) is 0 Å². The summed E-state index contributed by atoms with van der Waals surface area (Å²) in [7, 11) is 0. The molecule has 1 saturated heterocycles. The lowest BCUT2D eigenvalue weighted by Gasteiger charge is -2.09. The van der Waals surface area contributed by atoms with E-state index in [2.05, 4.69) is 26.0 Å². The molecule has 2 rings (SSSR count). The molecule has 1 aliphatic rings. The molecule has 0 saturated carbocycles. The largest absolute Gasteiger partial charge is 0.388 e. The Kier molecular flexibility index (Phi) is 4.94. The van der Waals surface area contributed by atoms with E-state index >= 15 is 0 Å². The van der Waals surface area contributed by atoms with Gasteiger partial charge in [0, 0.05) is 5.92 Å². The van der Waals surface area contributed by atoms with Crippen LogP contribution in [-0.2, 0) is 4.74 Å². The molecular weight excluding hydrogens is 236 g/mol. The number of hydrogen-bond acceptors (Lipinski definition) is 2. The average molecular weight is 258 g/mol. The summed E-state index contributed by atoms with van der Waals surface area (Å²) in [5.74, 6) is 0.382. The van der Waals surface area contributed by atoms with Crippen molar-refractivity contribution in [1.82, 2.24) is 0 Å². The zero-order valence-electron chi connectivity index (χ0n) is 11.7. The second kappa shape index (κ2) is 6.69. The summed E-state index contributed by atoms with van der Waals surface area (Å²) >= 11 is 0. The van der Waals surface area contributed by atoms with Crippen molar-refractivity contribution >= 4 is 0 Å². The zero-order valence-corrected chi connectivity index (χ0v) is 11.7. The van der Waals surface area contributed by atoms with Gasteiger partial charge >= 0.3 is 0 Å². The van der Waals surface area contributed by atoms with Crippen molar-refractivity contribution in [2.75, 3.05) is 13.2 Å². The van der Waals surface area contributed by atoms with Crippen LogP contribution >= 0.6 is 0 Å². The maximum Gasteiger partial charge on any atom is 0.0824 e. The third kappa shape index (κ3) is 3.79. The molecule has 1 aromatic carbocycles. The predicted octanol–water partition coefficient (Wildman–Crippen LogP) is 3.65. The van der Waals surface area contributed by atoms with Gasteiger partial charge in [-0.2, -0.15) is 0 Å². The van der Waals surface area contributed by atoms with Gasteiger partial charge in [0.25, 0.3) is 0 Å². The van der Waals surface area contributed by atoms with Crippen molar-refractivity contribution in [3.05, 3.63) is 59.2 Å². The first kappa shape index (κ1) is 14.0. The molecule has 1 N–H and O–H groups in total. The molecule has 0 aromatic heterocycles. The molecule has 0 amide bonds. The monoisotopic (exact) mass is 258 g/mol. The first-order valence-electron chi connectivity index (χ1n) is 6.82. The highest BCUT2D eigenvalue weighted by atomic mass is 16.5. The van der Waals surface area contributed by atoms with Crippen LogP contribution in [0.3, 0.4) is 0 Å². The number of rotatable bonds is 4. The van der Waals surface area contributed by atoms with E-state index < -0.39 is 6.10 Å². The summed E-state index contributed by atoms with van der Waals surface area (Å²) in [6.45, 7) is 5.77. The molecule has 2 unspecified atom stereocenters. The smallest absolute Gasteiger partial charge is 0.0824 e. The Bertz CT molecular complexity index is 455. The lowest BCUT2D eigenvalue weighted by Crippen LogP contribution is -2.00. The van der Waals surface area contributed by atoms with Gasteiger partial charge in [0.1, 0.15) is 0 Å². The number of hydrogen-bond donors (Lipinski definition) is 1. The molecule has 0 radical (unpaired) electrons. The number of ether oxygens (including phenoxy) is 1. The van der Waals surface area contributed by atoms with E-state index in [1.807, 2.05) is 30.3 Å².